The Kier molecular flexibility index (Phi) is 5.52. The SMILES string of the molecule is [CH]c1nc(C)[nH]c1Cc1cnc(OCC(F)F)c(-c2cccc(Cl)c2)c1. The van der Waals surface area contributed by atoms with E-state index in [1.165, 1.54) is 0 Å². The summed E-state index contributed by atoms with van der Waals surface area (Å²) in [6, 6.07) is 8.88. The van der Waals surface area contributed by atoms with Crippen LogP contribution in [-0.4, -0.2) is 28.0 Å². The minimum atomic E-state index is -2.59. The summed E-state index contributed by atoms with van der Waals surface area (Å²) in [7, 11) is 0. The summed E-state index contributed by atoms with van der Waals surface area (Å²) in [5, 5.41) is 0.529. The van der Waals surface area contributed by atoms with Gasteiger partial charge < -0.3 is 9.72 Å². The van der Waals surface area contributed by atoms with Crippen LogP contribution in [0.5, 0.6) is 5.88 Å². The van der Waals surface area contributed by atoms with Crippen molar-refractivity contribution in [3.63, 3.8) is 0 Å². The maximum atomic E-state index is 12.5. The predicted molar refractivity (Wildman–Crippen MR) is 95.7 cm³/mol. The van der Waals surface area contributed by atoms with Crippen molar-refractivity contribution < 1.29 is 13.5 Å². The molecule has 0 aliphatic heterocycles. The van der Waals surface area contributed by atoms with Crippen LogP contribution in [0.15, 0.2) is 36.5 Å². The molecule has 26 heavy (non-hydrogen) atoms. The molecular formula is C19H16ClF2N3O. The Morgan fingerprint density at radius 3 is 2.77 bits per heavy atom. The summed E-state index contributed by atoms with van der Waals surface area (Å²) in [5.41, 5.74) is 3.33. The predicted octanol–water partition coefficient (Wildman–Crippen LogP) is 4.73. The topological polar surface area (TPSA) is 50.8 Å². The molecule has 0 aliphatic carbocycles. The molecule has 3 aromatic rings. The number of hydrogen-bond acceptors (Lipinski definition) is 3. The molecule has 0 saturated carbocycles. The molecule has 0 spiro atoms. The van der Waals surface area contributed by atoms with Crippen LogP contribution in [-0.2, 0) is 6.42 Å². The van der Waals surface area contributed by atoms with E-state index in [9.17, 15) is 8.78 Å². The highest BCUT2D eigenvalue weighted by Gasteiger charge is 2.14. The first kappa shape index (κ1) is 18.3. The molecular weight excluding hydrogens is 360 g/mol. The van der Waals surface area contributed by atoms with Gasteiger partial charge in [-0.05, 0) is 36.2 Å². The zero-order chi connectivity index (χ0) is 18.7. The number of imidazole rings is 1. The Morgan fingerprint density at radius 2 is 2.12 bits per heavy atom. The van der Waals surface area contributed by atoms with Gasteiger partial charge in [0.25, 0.3) is 6.43 Å². The molecule has 0 bridgehead atoms. The minimum Gasteiger partial charge on any atom is -0.471 e. The molecule has 0 fully saturated rings. The molecule has 2 heterocycles. The first-order valence-electron chi connectivity index (χ1n) is 7.89. The van der Waals surface area contributed by atoms with Gasteiger partial charge >= 0.3 is 0 Å². The van der Waals surface area contributed by atoms with Gasteiger partial charge in [-0.15, -0.1) is 0 Å². The standard InChI is InChI=1S/C19H16ClF2N3O/c1-11-17(25-12(2)24-11)7-13-6-16(14-4-3-5-15(20)8-14)19(23-9-13)26-10-18(21)22/h1,3-6,8-9,18H,7,10H2,2H3,(H,24,25). The van der Waals surface area contributed by atoms with Crippen molar-refractivity contribution in [3.05, 3.63) is 71.3 Å². The number of H-pyrrole nitrogens is 1. The van der Waals surface area contributed by atoms with Crippen molar-refractivity contribution in [2.24, 2.45) is 0 Å². The second kappa shape index (κ2) is 7.83. The van der Waals surface area contributed by atoms with Crippen molar-refractivity contribution in [1.29, 1.82) is 0 Å². The van der Waals surface area contributed by atoms with E-state index in [2.05, 4.69) is 15.0 Å². The number of aromatic amines is 1. The molecule has 1 aromatic carbocycles. The molecule has 4 nitrogen and oxygen atoms in total. The second-order valence-electron chi connectivity index (χ2n) is 5.77. The van der Waals surface area contributed by atoms with E-state index in [1.54, 1.807) is 24.4 Å². The van der Waals surface area contributed by atoms with Gasteiger partial charge in [0.2, 0.25) is 5.88 Å². The fourth-order valence-electron chi connectivity index (χ4n) is 2.61. The lowest BCUT2D eigenvalue weighted by Gasteiger charge is -2.12. The Morgan fingerprint density at radius 1 is 1.31 bits per heavy atom. The molecule has 1 N–H and O–H groups in total. The minimum absolute atomic E-state index is 0.130. The Hall–Kier alpha value is -2.47. The van der Waals surface area contributed by atoms with Crippen molar-refractivity contribution >= 4 is 11.6 Å². The van der Waals surface area contributed by atoms with Gasteiger partial charge in [-0.3, -0.25) is 0 Å². The smallest absolute Gasteiger partial charge is 0.272 e. The lowest BCUT2D eigenvalue weighted by molar-refractivity contribution is 0.0799. The zero-order valence-corrected chi connectivity index (χ0v) is 14.7. The van der Waals surface area contributed by atoms with Gasteiger partial charge in [0.15, 0.2) is 6.61 Å². The molecule has 0 aliphatic rings. The van der Waals surface area contributed by atoms with Crippen LogP contribution in [0, 0.1) is 13.8 Å². The van der Waals surface area contributed by atoms with Crippen LogP contribution in [0.1, 0.15) is 22.8 Å². The number of pyridine rings is 1. The molecule has 2 radical (unpaired) electrons. The number of ether oxygens (including phenoxy) is 1. The summed E-state index contributed by atoms with van der Waals surface area (Å²) in [6.45, 7) is 6.97. The van der Waals surface area contributed by atoms with Crippen LogP contribution in [0.4, 0.5) is 8.78 Å². The fourth-order valence-corrected chi connectivity index (χ4v) is 2.80. The zero-order valence-electron chi connectivity index (χ0n) is 14.0. The first-order valence-corrected chi connectivity index (χ1v) is 8.27. The molecule has 0 saturated heterocycles. The van der Waals surface area contributed by atoms with E-state index in [0.29, 0.717) is 22.7 Å². The maximum absolute atomic E-state index is 12.5. The molecule has 2 aromatic heterocycles. The number of nitrogens with one attached hydrogen (secondary N) is 1. The van der Waals surface area contributed by atoms with Gasteiger partial charge in [0, 0.05) is 35.8 Å². The number of rotatable bonds is 6. The third-order valence-corrected chi connectivity index (χ3v) is 3.93. The third-order valence-electron chi connectivity index (χ3n) is 3.70. The molecule has 0 amide bonds. The van der Waals surface area contributed by atoms with Gasteiger partial charge in [0.1, 0.15) is 5.82 Å². The van der Waals surface area contributed by atoms with Gasteiger partial charge in [0.05, 0.1) is 5.69 Å². The van der Waals surface area contributed by atoms with E-state index in [-0.39, 0.29) is 5.88 Å². The Bertz CT molecular complexity index is 912. The summed E-state index contributed by atoms with van der Waals surface area (Å²) in [6.07, 6.45) is -0.538. The molecule has 134 valence electrons. The third kappa shape index (κ3) is 4.38. The van der Waals surface area contributed by atoms with Crippen LogP contribution in [0.2, 0.25) is 5.02 Å². The Labute approximate surface area is 155 Å². The van der Waals surface area contributed by atoms with Crippen LogP contribution < -0.4 is 4.74 Å². The summed E-state index contributed by atoms with van der Waals surface area (Å²) < 4.78 is 30.2. The Balaban J connectivity index is 1.98. The largest absolute Gasteiger partial charge is 0.471 e. The summed E-state index contributed by atoms with van der Waals surface area (Å²) >= 11 is 6.06. The van der Waals surface area contributed by atoms with Gasteiger partial charge in [-0.2, -0.15) is 0 Å². The van der Waals surface area contributed by atoms with Crippen LogP contribution in [0.25, 0.3) is 11.1 Å². The lowest BCUT2D eigenvalue weighted by atomic mass is 10.0. The van der Waals surface area contributed by atoms with E-state index in [0.717, 1.165) is 22.6 Å². The number of halogens is 3. The van der Waals surface area contributed by atoms with Crippen molar-refractivity contribution in [2.45, 2.75) is 19.8 Å². The van der Waals surface area contributed by atoms with E-state index in [1.807, 2.05) is 19.1 Å². The average Bonchev–Trinajstić information content (AvgIpc) is 2.90. The molecule has 0 unspecified atom stereocenters. The summed E-state index contributed by atoms with van der Waals surface area (Å²) in [4.78, 5) is 11.5. The highest BCUT2D eigenvalue weighted by molar-refractivity contribution is 6.30. The number of benzene rings is 1. The number of aryl methyl sites for hydroxylation is 1. The normalized spacial score (nSPS) is 11.2. The van der Waals surface area contributed by atoms with E-state index < -0.39 is 13.0 Å². The number of hydrogen-bond donors (Lipinski definition) is 1. The van der Waals surface area contributed by atoms with E-state index in [4.69, 9.17) is 23.3 Å². The number of nitrogens with zero attached hydrogens (tertiary/aromatic N) is 2. The molecule has 3 rings (SSSR count). The monoisotopic (exact) mass is 375 g/mol. The second-order valence-corrected chi connectivity index (χ2v) is 6.21. The van der Waals surface area contributed by atoms with Gasteiger partial charge in [-0.25, -0.2) is 18.7 Å². The number of aromatic nitrogens is 3. The maximum Gasteiger partial charge on any atom is 0.272 e. The van der Waals surface area contributed by atoms with Crippen molar-refractivity contribution in [1.82, 2.24) is 15.0 Å². The molecule has 0 atom stereocenters. The van der Waals surface area contributed by atoms with Gasteiger partial charge in [-0.1, -0.05) is 23.7 Å². The molecule has 7 heteroatoms. The summed E-state index contributed by atoms with van der Waals surface area (Å²) in [5.74, 6) is 0.850. The highest BCUT2D eigenvalue weighted by Crippen LogP contribution is 2.31. The fraction of sp³-hybridized carbons (Fsp3) is 0.211. The number of alkyl halides is 2. The van der Waals surface area contributed by atoms with Crippen LogP contribution >= 0.6 is 11.6 Å². The average molecular weight is 376 g/mol. The van der Waals surface area contributed by atoms with Crippen LogP contribution in [0.3, 0.4) is 0 Å². The highest BCUT2D eigenvalue weighted by atomic mass is 35.5. The lowest BCUT2D eigenvalue weighted by Crippen LogP contribution is -2.09. The quantitative estimate of drug-likeness (QED) is 0.677. The van der Waals surface area contributed by atoms with E-state index >= 15 is 0 Å². The van der Waals surface area contributed by atoms with Crippen molar-refractivity contribution in [2.75, 3.05) is 6.61 Å². The first-order chi connectivity index (χ1) is 12.4. The van der Waals surface area contributed by atoms with Crippen molar-refractivity contribution in [3.8, 4) is 17.0 Å².